The van der Waals surface area contributed by atoms with Gasteiger partial charge in [0.25, 0.3) is 11.5 Å². The van der Waals surface area contributed by atoms with Crippen molar-refractivity contribution >= 4 is 22.2 Å². The van der Waals surface area contributed by atoms with E-state index in [0.717, 1.165) is 42.8 Å². The van der Waals surface area contributed by atoms with Gasteiger partial charge in [0.2, 0.25) is 0 Å². The van der Waals surface area contributed by atoms with E-state index in [9.17, 15) is 9.59 Å². The summed E-state index contributed by atoms with van der Waals surface area (Å²) >= 11 is 1.41. The van der Waals surface area contributed by atoms with Gasteiger partial charge in [0.15, 0.2) is 4.96 Å². The van der Waals surface area contributed by atoms with Gasteiger partial charge in [0, 0.05) is 24.7 Å². The van der Waals surface area contributed by atoms with Crippen LogP contribution in [0.25, 0.3) is 16.2 Å². The molecule has 1 amide bonds. The Bertz CT molecular complexity index is 966. The zero-order valence-corrected chi connectivity index (χ0v) is 14.2. The summed E-state index contributed by atoms with van der Waals surface area (Å²) in [5, 5.41) is 1.92. The predicted molar refractivity (Wildman–Crippen MR) is 94.6 cm³/mol. The van der Waals surface area contributed by atoms with E-state index in [4.69, 9.17) is 0 Å². The molecule has 1 aliphatic rings. The van der Waals surface area contributed by atoms with Crippen LogP contribution >= 0.6 is 11.3 Å². The third kappa shape index (κ3) is 2.43. The summed E-state index contributed by atoms with van der Waals surface area (Å²) in [6.45, 7) is 3.46. The number of likely N-dealkylation sites (tertiary alicyclic amines) is 1. The molecule has 1 fully saturated rings. The quantitative estimate of drug-likeness (QED) is 0.721. The molecule has 0 aliphatic carbocycles. The highest BCUT2D eigenvalue weighted by atomic mass is 32.1. The topological polar surface area (TPSA) is 54.7 Å². The molecule has 5 nitrogen and oxygen atoms in total. The van der Waals surface area contributed by atoms with Crippen LogP contribution in [-0.4, -0.2) is 33.3 Å². The maximum Gasteiger partial charge on any atom is 0.271 e. The van der Waals surface area contributed by atoms with Gasteiger partial charge < -0.3 is 4.90 Å². The zero-order valence-electron chi connectivity index (χ0n) is 13.4. The number of hydrogen-bond acceptors (Lipinski definition) is 4. The first-order valence-electron chi connectivity index (χ1n) is 8.01. The maximum atomic E-state index is 12.9. The van der Waals surface area contributed by atoms with Gasteiger partial charge in [-0.05, 0) is 25.3 Å². The molecule has 1 aromatic carbocycles. The normalized spacial score (nSPS) is 14.5. The van der Waals surface area contributed by atoms with Gasteiger partial charge in [-0.25, -0.2) is 4.98 Å². The van der Waals surface area contributed by atoms with Crippen molar-refractivity contribution in [2.24, 2.45) is 0 Å². The number of amides is 1. The standard InChI is InChI=1S/C18H17N3O2S/c1-12-4-6-13(7-5-12)15-11-24-18-19-10-14(17(23)21(15)18)16(22)20-8-2-3-9-20/h4-7,10-11H,2-3,8-9H2,1H3. The van der Waals surface area contributed by atoms with E-state index in [2.05, 4.69) is 4.98 Å². The lowest BCUT2D eigenvalue weighted by atomic mass is 10.1. The van der Waals surface area contributed by atoms with Crippen molar-refractivity contribution in [2.45, 2.75) is 19.8 Å². The number of aromatic nitrogens is 2. The summed E-state index contributed by atoms with van der Waals surface area (Å²) in [5.41, 5.74) is 2.76. The monoisotopic (exact) mass is 339 g/mol. The second kappa shape index (κ2) is 5.87. The summed E-state index contributed by atoms with van der Waals surface area (Å²) in [6, 6.07) is 7.99. The van der Waals surface area contributed by atoms with Gasteiger partial charge >= 0.3 is 0 Å². The van der Waals surface area contributed by atoms with Crippen LogP contribution in [0.1, 0.15) is 28.8 Å². The average molecular weight is 339 g/mol. The summed E-state index contributed by atoms with van der Waals surface area (Å²) < 4.78 is 1.55. The van der Waals surface area contributed by atoms with Crippen LogP contribution in [0.5, 0.6) is 0 Å². The minimum atomic E-state index is -0.284. The van der Waals surface area contributed by atoms with Crippen molar-refractivity contribution in [3.05, 3.63) is 57.3 Å². The van der Waals surface area contributed by atoms with E-state index in [0.29, 0.717) is 4.96 Å². The molecule has 0 atom stereocenters. The van der Waals surface area contributed by atoms with Crippen LogP contribution in [0.15, 0.2) is 40.6 Å². The Labute approximate surface area is 143 Å². The molecule has 0 spiro atoms. The molecule has 0 unspecified atom stereocenters. The molecular formula is C18H17N3O2S. The average Bonchev–Trinajstić information content (AvgIpc) is 3.25. The van der Waals surface area contributed by atoms with Crippen LogP contribution < -0.4 is 5.56 Å². The van der Waals surface area contributed by atoms with Crippen molar-refractivity contribution in [3.63, 3.8) is 0 Å². The third-order valence-electron chi connectivity index (χ3n) is 4.42. The second-order valence-corrected chi connectivity index (χ2v) is 6.92. The minimum Gasteiger partial charge on any atom is -0.338 e. The summed E-state index contributed by atoms with van der Waals surface area (Å²) in [7, 11) is 0. The van der Waals surface area contributed by atoms with Crippen molar-refractivity contribution < 1.29 is 4.79 Å². The molecule has 3 heterocycles. The smallest absolute Gasteiger partial charge is 0.271 e. The molecule has 2 aromatic heterocycles. The molecule has 0 bridgehead atoms. The lowest BCUT2D eigenvalue weighted by molar-refractivity contribution is 0.0790. The van der Waals surface area contributed by atoms with E-state index in [1.54, 1.807) is 9.30 Å². The Kier molecular flexibility index (Phi) is 3.69. The summed E-state index contributed by atoms with van der Waals surface area (Å²) in [5.74, 6) is -0.208. The number of hydrogen-bond donors (Lipinski definition) is 0. The number of carbonyl (C=O) groups is 1. The first kappa shape index (κ1) is 15.1. The Morgan fingerprint density at radius 2 is 1.88 bits per heavy atom. The highest BCUT2D eigenvalue weighted by molar-refractivity contribution is 7.15. The molecule has 1 saturated heterocycles. The van der Waals surface area contributed by atoms with Gasteiger partial charge in [-0.2, -0.15) is 0 Å². The van der Waals surface area contributed by atoms with E-state index in [-0.39, 0.29) is 17.0 Å². The fourth-order valence-corrected chi connectivity index (χ4v) is 3.91. The molecule has 0 saturated carbocycles. The van der Waals surface area contributed by atoms with Gasteiger partial charge in [-0.1, -0.05) is 29.8 Å². The first-order chi connectivity index (χ1) is 11.6. The predicted octanol–water partition coefficient (Wildman–Crippen LogP) is 2.97. The van der Waals surface area contributed by atoms with Crippen molar-refractivity contribution in [3.8, 4) is 11.3 Å². The third-order valence-corrected chi connectivity index (χ3v) is 5.26. The molecule has 6 heteroatoms. The molecule has 24 heavy (non-hydrogen) atoms. The second-order valence-electron chi connectivity index (χ2n) is 6.08. The molecular weight excluding hydrogens is 322 g/mol. The van der Waals surface area contributed by atoms with E-state index < -0.39 is 0 Å². The first-order valence-corrected chi connectivity index (χ1v) is 8.89. The molecule has 4 rings (SSSR count). The number of fused-ring (bicyclic) bond motifs is 1. The van der Waals surface area contributed by atoms with E-state index in [1.807, 2.05) is 36.6 Å². The fourth-order valence-electron chi connectivity index (χ4n) is 3.06. The molecule has 1 aliphatic heterocycles. The molecule has 3 aromatic rings. The fraction of sp³-hybridized carbons (Fsp3) is 0.278. The lowest BCUT2D eigenvalue weighted by Crippen LogP contribution is -2.33. The van der Waals surface area contributed by atoms with Crippen molar-refractivity contribution in [2.75, 3.05) is 13.1 Å². The van der Waals surface area contributed by atoms with Crippen LogP contribution in [0.3, 0.4) is 0 Å². The molecule has 122 valence electrons. The SMILES string of the molecule is Cc1ccc(-c2csc3ncc(C(=O)N4CCCC4)c(=O)n23)cc1. The number of rotatable bonds is 2. The minimum absolute atomic E-state index is 0.154. The van der Waals surface area contributed by atoms with Crippen molar-refractivity contribution in [1.82, 2.24) is 14.3 Å². The Morgan fingerprint density at radius 1 is 1.17 bits per heavy atom. The van der Waals surface area contributed by atoms with Crippen LogP contribution in [0.2, 0.25) is 0 Å². The molecule has 0 N–H and O–H groups in total. The van der Waals surface area contributed by atoms with Gasteiger partial charge in [0.1, 0.15) is 5.56 Å². The van der Waals surface area contributed by atoms with Gasteiger partial charge in [-0.3, -0.25) is 14.0 Å². The largest absolute Gasteiger partial charge is 0.338 e. The van der Waals surface area contributed by atoms with Crippen LogP contribution in [0.4, 0.5) is 0 Å². The Balaban J connectivity index is 1.86. The van der Waals surface area contributed by atoms with E-state index in [1.165, 1.54) is 17.5 Å². The number of aryl methyl sites for hydroxylation is 1. The van der Waals surface area contributed by atoms with Gasteiger partial charge in [0.05, 0.1) is 5.69 Å². The molecule has 0 radical (unpaired) electrons. The number of benzene rings is 1. The summed E-state index contributed by atoms with van der Waals surface area (Å²) in [6.07, 6.45) is 3.42. The van der Waals surface area contributed by atoms with Crippen molar-refractivity contribution in [1.29, 1.82) is 0 Å². The maximum absolute atomic E-state index is 12.9. The highest BCUT2D eigenvalue weighted by Gasteiger charge is 2.24. The van der Waals surface area contributed by atoms with Crippen LogP contribution in [-0.2, 0) is 0 Å². The Morgan fingerprint density at radius 3 is 2.58 bits per heavy atom. The Hall–Kier alpha value is -2.47. The van der Waals surface area contributed by atoms with Gasteiger partial charge in [-0.15, -0.1) is 11.3 Å². The summed E-state index contributed by atoms with van der Waals surface area (Å²) in [4.78, 5) is 32.2. The number of nitrogens with zero attached hydrogens (tertiary/aromatic N) is 3. The lowest BCUT2D eigenvalue weighted by Gasteiger charge is -2.14. The zero-order chi connectivity index (χ0) is 16.7. The van der Waals surface area contributed by atoms with Crippen LogP contribution in [0, 0.1) is 6.92 Å². The number of thiazole rings is 1. The van der Waals surface area contributed by atoms with E-state index >= 15 is 0 Å². The highest BCUT2D eigenvalue weighted by Crippen LogP contribution is 2.24. The number of carbonyl (C=O) groups excluding carboxylic acids is 1.